The fourth-order valence-electron chi connectivity index (χ4n) is 4.20. The summed E-state index contributed by atoms with van der Waals surface area (Å²) in [5, 5.41) is 2.79. The number of Topliss-reactive ketones (excluding diaryl/α,β-unsaturated/α-hetero) is 1. The van der Waals surface area contributed by atoms with Gasteiger partial charge in [0.2, 0.25) is 10.0 Å². The Hall–Kier alpha value is -2.45. The molecule has 1 aromatic carbocycles. The van der Waals surface area contributed by atoms with E-state index in [0.29, 0.717) is 48.4 Å². The first-order chi connectivity index (χ1) is 14.4. The number of carbonyl (C=O) groups excluding carboxylic acids is 2. The van der Waals surface area contributed by atoms with E-state index in [9.17, 15) is 18.0 Å². The highest BCUT2D eigenvalue weighted by atomic mass is 32.2. The van der Waals surface area contributed by atoms with Gasteiger partial charge in [0.15, 0.2) is 11.5 Å². The minimum Gasteiger partial charge on any atom is -0.455 e. The van der Waals surface area contributed by atoms with Crippen molar-refractivity contribution in [2.24, 2.45) is 0 Å². The number of benzene rings is 1. The van der Waals surface area contributed by atoms with Crippen molar-refractivity contribution in [3.8, 4) is 0 Å². The zero-order valence-electron chi connectivity index (χ0n) is 17.1. The maximum atomic E-state index is 12.9. The van der Waals surface area contributed by atoms with Gasteiger partial charge in [-0.2, -0.15) is 4.31 Å². The monoisotopic (exact) mass is 430 g/mol. The number of rotatable bonds is 5. The molecule has 1 aliphatic heterocycles. The van der Waals surface area contributed by atoms with Crippen molar-refractivity contribution < 1.29 is 22.4 Å². The third-order valence-corrected chi connectivity index (χ3v) is 7.71. The summed E-state index contributed by atoms with van der Waals surface area (Å²) >= 11 is 0. The van der Waals surface area contributed by atoms with Crippen LogP contribution in [0.4, 0.5) is 0 Å². The number of aryl methyl sites for hydroxylation is 1. The Bertz CT molecular complexity index is 1080. The van der Waals surface area contributed by atoms with E-state index in [4.69, 9.17) is 4.42 Å². The van der Waals surface area contributed by atoms with Crippen LogP contribution in [0.3, 0.4) is 0 Å². The molecule has 4 rings (SSSR count). The van der Waals surface area contributed by atoms with Crippen molar-refractivity contribution in [1.29, 1.82) is 0 Å². The first-order valence-electron chi connectivity index (χ1n) is 10.4. The summed E-state index contributed by atoms with van der Waals surface area (Å²) in [5.74, 6) is 0.363. The van der Waals surface area contributed by atoms with Crippen molar-refractivity contribution in [1.82, 2.24) is 9.62 Å². The summed E-state index contributed by atoms with van der Waals surface area (Å²) in [4.78, 5) is 25.0. The molecule has 2 heterocycles. The smallest absolute Gasteiger partial charge is 0.287 e. The number of piperidine rings is 1. The second kappa shape index (κ2) is 8.35. The summed E-state index contributed by atoms with van der Waals surface area (Å²) in [6.45, 7) is 2.99. The summed E-state index contributed by atoms with van der Waals surface area (Å²) in [7, 11) is -3.53. The van der Waals surface area contributed by atoms with Gasteiger partial charge < -0.3 is 9.73 Å². The van der Waals surface area contributed by atoms with E-state index in [1.807, 2.05) is 0 Å². The molecule has 1 N–H and O–H groups in total. The summed E-state index contributed by atoms with van der Waals surface area (Å²) in [5.41, 5.74) is 1.81. The highest BCUT2D eigenvalue weighted by Gasteiger charge is 2.29. The van der Waals surface area contributed by atoms with E-state index >= 15 is 0 Å². The maximum absolute atomic E-state index is 12.9. The minimum absolute atomic E-state index is 0.0205. The van der Waals surface area contributed by atoms with E-state index in [1.54, 1.807) is 31.2 Å². The molecule has 1 amide bonds. The number of nitrogens with zero attached hydrogens (tertiary/aromatic N) is 1. The summed E-state index contributed by atoms with van der Waals surface area (Å²) in [6, 6.07) is 6.66. The molecule has 1 aliphatic carbocycles. The zero-order valence-corrected chi connectivity index (χ0v) is 17.9. The number of furan rings is 1. The Labute approximate surface area is 176 Å². The molecule has 0 unspecified atom stereocenters. The lowest BCUT2D eigenvalue weighted by Gasteiger charge is -2.26. The van der Waals surface area contributed by atoms with Crippen LogP contribution in [0.5, 0.6) is 0 Å². The lowest BCUT2D eigenvalue weighted by Crippen LogP contribution is -2.35. The Kier molecular flexibility index (Phi) is 5.79. The van der Waals surface area contributed by atoms with Crippen LogP contribution in [0, 0.1) is 6.92 Å². The summed E-state index contributed by atoms with van der Waals surface area (Å²) in [6.07, 6.45) is 4.68. The van der Waals surface area contributed by atoms with Crippen molar-refractivity contribution in [2.75, 3.05) is 13.1 Å². The first kappa shape index (κ1) is 20.8. The number of nitrogens with one attached hydrogen (secondary N) is 1. The van der Waals surface area contributed by atoms with Gasteiger partial charge in [-0.3, -0.25) is 9.59 Å². The molecule has 7 nitrogen and oxygen atoms in total. The second-order valence-electron chi connectivity index (χ2n) is 7.93. The molecule has 0 bridgehead atoms. The predicted molar refractivity (Wildman–Crippen MR) is 111 cm³/mol. The third-order valence-electron chi connectivity index (χ3n) is 5.82. The van der Waals surface area contributed by atoms with Gasteiger partial charge in [-0.25, -0.2) is 8.42 Å². The summed E-state index contributed by atoms with van der Waals surface area (Å²) < 4.78 is 33.0. The fraction of sp³-hybridized carbons (Fsp3) is 0.455. The van der Waals surface area contributed by atoms with Crippen molar-refractivity contribution in [2.45, 2.75) is 56.9 Å². The molecule has 0 saturated carbocycles. The number of hydrogen-bond donors (Lipinski definition) is 1. The molecule has 2 aliphatic rings. The lowest BCUT2D eigenvalue weighted by molar-refractivity contribution is 0.0917. The molecule has 0 radical (unpaired) electrons. The molecule has 1 saturated heterocycles. The van der Waals surface area contributed by atoms with Gasteiger partial charge in [0, 0.05) is 38.0 Å². The molecular formula is C22H26N2O5S. The Morgan fingerprint density at radius 2 is 1.90 bits per heavy atom. The first-order valence-corrected chi connectivity index (χ1v) is 11.8. The van der Waals surface area contributed by atoms with Gasteiger partial charge in [-0.15, -0.1) is 0 Å². The van der Waals surface area contributed by atoms with Crippen molar-refractivity contribution in [3.63, 3.8) is 0 Å². The second-order valence-corrected chi connectivity index (χ2v) is 9.86. The predicted octanol–water partition coefficient (Wildman–Crippen LogP) is 3.21. The van der Waals surface area contributed by atoms with Crippen LogP contribution in [0.25, 0.3) is 0 Å². The number of ketones is 1. The molecular weight excluding hydrogens is 404 g/mol. The van der Waals surface area contributed by atoms with Gasteiger partial charge in [0.05, 0.1) is 10.5 Å². The van der Waals surface area contributed by atoms with Gasteiger partial charge >= 0.3 is 0 Å². The van der Waals surface area contributed by atoms with Crippen molar-refractivity contribution >= 4 is 21.7 Å². The van der Waals surface area contributed by atoms with Crippen LogP contribution in [-0.2, 0) is 23.0 Å². The zero-order chi connectivity index (χ0) is 21.3. The number of carbonyl (C=O) groups is 2. The molecule has 2 aromatic rings. The van der Waals surface area contributed by atoms with Crippen LogP contribution in [0.2, 0.25) is 0 Å². The molecule has 8 heteroatoms. The third kappa shape index (κ3) is 3.94. The highest BCUT2D eigenvalue weighted by Crippen LogP contribution is 2.29. The van der Waals surface area contributed by atoms with E-state index in [-0.39, 0.29) is 23.0 Å². The van der Waals surface area contributed by atoms with Crippen LogP contribution in [0.15, 0.2) is 33.6 Å². The van der Waals surface area contributed by atoms with Crippen LogP contribution in [0.1, 0.15) is 69.9 Å². The van der Waals surface area contributed by atoms with Gasteiger partial charge in [-0.05, 0) is 43.9 Å². The van der Waals surface area contributed by atoms with E-state index < -0.39 is 15.9 Å². The van der Waals surface area contributed by atoms with Crippen LogP contribution < -0.4 is 5.32 Å². The fourth-order valence-corrected chi connectivity index (χ4v) is 5.79. The van der Waals surface area contributed by atoms with Gasteiger partial charge in [0.1, 0.15) is 5.76 Å². The quantitative estimate of drug-likeness (QED) is 0.786. The van der Waals surface area contributed by atoms with Gasteiger partial charge in [-0.1, -0.05) is 18.6 Å². The highest BCUT2D eigenvalue weighted by molar-refractivity contribution is 7.89. The Morgan fingerprint density at radius 1 is 1.13 bits per heavy atom. The number of fused-ring (bicyclic) bond motifs is 1. The topological polar surface area (TPSA) is 96.7 Å². The normalized spacial score (nSPS) is 17.6. The average Bonchev–Trinajstić information content (AvgIpc) is 3.10. The molecule has 0 atom stereocenters. The van der Waals surface area contributed by atoms with Crippen LogP contribution >= 0.6 is 0 Å². The van der Waals surface area contributed by atoms with E-state index in [0.717, 1.165) is 25.7 Å². The van der Waals surface area contributed by atoms with Crippen molar-refractivity contribution in [3.05, 3.63) is 52.5 Å². The largest absolute Gasteiger partial charge is 0.455 e. The number of amides is 1. The van der Waals surface area contributed by atoms with E-state index in [2.05, 4.69) is 5.32 Å². The molecule has 1 aromatic heterocycles. The molecule has 160 valence electrons. The molecule has 30 heavy (non-hydrogen) atoms. The van der Waals surface area contributed by atoms with E-state index in [1.165, 1.54) is 4.31 Å². The minimum atomic E-state index is -3.53. The Balaban J connectivity index is 1.48. The maximum Gasteiger partial charge on any atom is 0.287 e. The number of hydrogen-bond acceptors (Lipinski definition) is 5. The van der Waals surface area contributed by atoms with Crippen LogP contribution in [-0.4, -0.2) is 37.5 Å². The Morgan fingerprint density at radius 3 is 2.63 bits per heavy atom. The molecule has 1 fully saturated rings. The SMILES string of the molecule is Cc1c(C(=O)NCc2cccc(S(=O)(=O)N3CCCCC3)c2)oc2c1C(=O)CCC2. The lowest BCUT2D eigenvalue weighted by atomic mass is 9.94. The standard InChI is InChI=1S/C22H26N2O5S/c1-15-20-18(25)9-6-10-19(20)29-21(15)22(26)23-14-16-7-5-8-17(13-16)30(27,28)24-11-3-2-4-12-24/h5,7-8,13H,2-4,6,9-12,14H2,1H3,(H,23,26). The average molecular weight is 431 g/mol. The molecule has 0 spiro atoms. The van der Waals surface area contributed by atoms with Gasteiger partial charge in [0.25, 0.3) is 5.91 Å². The number of sulfonamides is 1.